The molecule has 0 aromatic heterocycles. The van der Waals surface area contributed by atoms with Crippen LogP contribution in [0, 0.1) is 0 Å². The van der Waals surface area contributed by atoms with E-state index in [9.17, 15) is 9.59 Å². The fraction of sp³-hybridized carbons (Fsp3) is 0.750. The highest BCUT2D eigenvalue weighted by Gasteiger charge is 2.20. The largest absolute Gasteiger partial charge is 0.480 e. The lowest BCUT2D eigenvalue weighted by Gasteiger charge is -1.99. The van der Waals surface area contributed by atoms with Gasteiger partial charge < -0.3 is 20.8 Å². The van der Waals surface area contributed by atoms with E-state index in [0.29, 0.717) is 0 Å². The van der Waals surface area contributed by atoms with Crippen molar-refractivity contribution in [3.63, 3.8) is 0 Å². The minimum Gasteiger partial charge on any atom is -0.480 e. The first kappa shape index (κ1) is 12.9. The lowest BCUT2D eigenvalue weighted by molar-refractivity contribution is -0.139. The van der Waals surface area contributed by atoms with Crippen LogP contribution >= 0.6 is 0 Å². The second-order valence-corrected chi connectivity index (χ2v) is 2.91. The average molecular weight is 204 g/mol. The molecule has 6 heteroatoms. The van der Waals surface area contributed by atoms with Crippen LogP contribution in [0.25, 0.3) is 0 Å². The number of hydrogen-bond donors (Lipinski definition) is 4. The molecule has 82 valence electrons. The van der Waals surface area contributed by atoms with E-state index in [2.05, 4.69) is 10.6 Å². The summed E-state index contributed by atoms with van der Waals surface area (Å²) in [5, 5.41) is 21.5. The van der Waals surface area contributed by atoms with Crippen LogP contribution in [-0.4, -0.2) is 48.3 Å². The third-order valence-corrected chi connectivity index (χ3v) is 1.69. The van der Waals surface area contributed by atoms with Crippen molar-refractivity contribution in [3.05, 3.63) is 0 Å². The van der Waals surface area contributed by atoms with Gasteiger partial charge in [0.1, 0.15) is 6.04 Å². The smallest absolute Gasteiger partial charge is 0.320 e. The summed E-state index contributed by atoms with van der Waals surface area (Å²) in [5.41, 5.74) is 0. The van der Waals surface area contributed by atoms with Gasteiger partial charge in [-0.25, -0.2) is 0 Å². The van der Waals surface area contributed by atoms with Crippen molar-refractivity contribution in [2.24, 2.45) is 0 Å². The van der Waals surface area contributed by atoms with Gasteiger partial charge in [-0.15, -0.1) is 0 Å². The molecule has 0 aromatic rings. The Hall–Kier alpha value is -1.14. The molecule has 6 nitrogen and oxygen atoms in total. The van der Waals surface area contributed by atoms with Crippen molar-refractivity contribution in [1.29, 1.82) is 0 Å². The summed E-state index contributed by atoms with van der Waals surface area (Å²) in [6.45, 7) is 0.900. The summed E-state index contributed by atoms with van der Waals surface area (Å²) in [7, 11) is 1.59. The highest BCUT2D eigenvalue weighted by atomic mass is 16.4. The molecule has 0 amide bonds. The fourth-order valence-electron chi connectivity index (χ4n) is 1.05. The maximum atomic E-state index is 10.1. The fourth-order valence-corrected chi connectivity index (χ4v) is 1.05. The molecule has 0 aromatic carbocycles. The Kier molecular flexibility index (Phi) is 6.69. The van der Waals surface area contributed by atoms with Gasteiger partial charge in [0.2, 0.25) is 0 Å². The highest BCUT2D eigenvalue weighted by molar-refractivity contribution is 5.73. The van der Waals surface area contributed by atoms with Crippen LogP contribution in [0.4, 0.5) is 0 Å². The monoisotopic (exact) mass is 204 g/mol. The Labute approximate surface area is 82.3 Å². The summed E-state index contributed by atoms with van der Waals surface area (Å²) >= 11 is 0. The predicted octanol–water partition coefficient (Wildman–Crippen LogP) is -0.887. The number of likely N-dealkylation sites (N-methyl/N-ethyl adjacent to an activating group) is 1. The topological polar surface area (TPSA) is 98.7 Å². The lowest BCUT2D eigenvalue weighted by Crippen LogP contribution is -2.29. The first-order valence-corrected chi connectivity index (χ1v) is 4.40. The minimum atomic E-state index is -0.822. The van der Waals surface area contributed by atoms with Crippen LogP contribution < -0.4 is 10.6 Å². The van der Waals surface area contributed by atoms with E-state index in [1.807, 2.05) is 0 Å². The zero-order chi connectivity index (χ0) is 11.0. The number of nitrogens with one attached hydrogen (secondary N) is 2. The van der Waals surface area contributed by atoms with Gasteiger partial charge in [0.15, 0.2) is 0 Å². The molecule has 0 aliphatic carbocycles. The number of hydrogen-bond acceptors (Lipinski definition) is 4. The molecule has 1 fully saturated rings. The summed E-state index contributed by atoms with van der Waals surface area (Å²) in [6.07, 6.45) is 1.78. The molecule has 1 saturated heterocycles. The van der Waals surface area contributed by atoms with Crippen molar-refractivity contribution in [2.45, 2.75) is 18.9 Å². The maximum absolute atomic E-state index is 10.1. The van der Waals surface area contributed by atoms with Crippen molar-refractivity contribution in [3.8, 4) is 0 Å². The van der Waals surface area contributed by atoms with Crippen LogP contribution in [0.2, 0.25) is 0 Å². The first-order valence-electron chi connectivity index (χ1n) is 4.40. The number of carboxylic acid groups (broad SMARTS) is 2. The molecule has 14 heavy (non-hydrogen) atoms. The zero-order valence-electron chi connectivity index (χ0n) is 8.12. The molecule has 1 atom stereocenters. The molecular weight excluding hydrogens is 188 g/mol. The molecule has 1 unspecified atom stereocenters. The van der Waals surface area contributed by atoms with E-state index in [-0.39, 0.29) is 12.6 Å². The van der Waals surface area contributed by atoms with Crippen LogP contribution in [-0.2, 0) is 9.59 Å². The van der Waals surface area contributed by atoms with Gasteiger partial charge in [0, 0.05) is 0 Å². The first-order chi connectivity index (χ1) is 6.57. The van der Waals surface area contributed by atoms with Crippen molar-refractivity contribution in [2.75, 3.05) is 20.1 Å². The normalized spacial score (nSPS) is 19.6. The minimum absolute atomic E-state index is 0.0417. The lowest BCUT2D eigenvalue weighted by atomic mass is 10.2. The second-order valence-electron chi connectivity index (χ2n) is 2.91. The van der Waals surface area contributed by atoms with Crippen LogP contribution in [0.15, 0.2) is 0 Å². The number of rotatable bonds is 3. The molecule has 4 N–H and O–H groups in total. The molecule has 1 aliphatic rings. The van der Waals surface area contributed by atoms with E-state index in [1.165, 1.54) is 0 Å². The Morgan fingerprint density at radius 1 is 1.50 bits per heavy atom. The van der Waals surface area contributed by atoms with Gasteiger partial charge in [-0.1, -0.05) is 0 Å². The average Bonchev–Trinajstić information content (AvgIpc) is 2.56. The van der Waals surface area contributed by atoms with Crippen LogP contribution in [0.5, 0.6) is 0 Å². The molecule has 0 radical (unpaired) electrons. The SMILES string of the molecule is CNCC(=O)O.O=C(O)C1CCCN1. The van der Waals surface area contributed by atoms with E-state index in [0.717, 1.165) is 19.4 Å². The van der Waals surface area contributed by atoms with Crippen molar-refractivity contribution < 1.29 is 19.8 Å². The second kappa shape index (κ2) is 7.28. The number of carboxylic acids is 2. The third kappa shape index (κ3) is 6.38. The van der Waals surface area contributed by atoms with Gasteiger partial charge >= 0.3 is 11.9 Å². The maximum Gasteiger partial charge on any atom is 0.320 e. The van der Waals surface area contributed by atoms with Gasteiger partial charge in [-0.05, 0) is 26.4 Å². The molecule has 0 bridgehead atoms. The summed E-state index contributed by atoms with van der Waals surface area (Å²) < 4.78 is 0. The van der Waals surface area contributed by atoms with Gasteiger partial charge in [0.05, 0.1) is 6.54 Å². The quantitative estimate of drug-likeness (QED) is 0.476. The van der Waals surface area contributed by atoms with E-state index in [4.69, 9.17) is 10.2 Å². The van der Waals surface area contributed by atoms with E-state index < -0.39 is 11.9 Å². The number of aliphatic carboxylic acids is 2. The van der Waals surface area contributed by atoms with E-state index in [1.54, 1.807) is 7.05 Å². The molecule has 0 saturated carbocycles. The molecule has 1 aliphatic heterocycles. The standard InChI is InChI=1S/C5H9NO2.C3H7NO2/c7-5(8)4-2-1-3-6-4;1-4-2-3(5)6/h4,6H,1-3H2,(H,7,8);4H,2H2,1H3,(H,5,6). The van der Waals surface area contributed by atoms with E-state index >= 15 is 0 Å². The Bertz CT molecular complexity index is 190. The van der Waals surface area contributed by atoms with Gasteiger partial charge in [0.25, 0.3) is 0 Å². The van der Waals surface area contributed by atoms with Crippen LogP contribution in [0.3, 0.4) is 0 Å². The summed E-state index contributed by atoms with van der Waals surface area (Å²) in [6, 6.07) is -0.269. The Balaban J connectivity index is 0.000000255. The van der Waals surface area contributed by atoms with Crippen molar-refractivity contribution in [1.82, 2.24) is 10.6 Å². The highest BCUT2D eigenvalue weighted by Crippen LogP contribution is 2.03. The molecule has 1 rings (SSSR count). The molecule has 1 heterocycles. The molecular formula is C8H16N2O4. The summed E-state index contributed by atoms with van der Waals surface area (Å²) in [5.74, 6) is -1.54. The predicted molar refractivity (Wildman–Crippen MR) is 50.2 cm³/mol. The van der Waals surface area contributed by atoms with Gasteiger partial charge in [-0.3, -0.25) is 9.59 Å². The molecule has 0 spiro atoms. The Morgan fingerprint density at radius 2 is 2.14 bits per heavy atom. The zero-order valence-corrected chi connectivity index (χ0v) is 8.12. The van der Waals surface area contributed by atoms with Crippen LogP contribution in [0.1, 0.15) is 12.8 Å². The number of carbonyl (C=O) groups is 2. The Morgan fingerprint density at radius 3 is 2.29 bits per heavy atom. The van der Waals surface area contributed by atoms with Crippen molar-refractivity contribution >= 4 is 11.9 Å². The third-order valence-electron chi connectivity index (χ3n) is 1.69. The summed E-state index contributed by atoms with van der Waals surface area (Å²) in [4.78, 5) is 19.7. The van der Waals surface area contributed by atoms with Gasteiger partial charge in [-0.2, -0.15) is 0 Å².